The molecule has 0 spiro atoms. The van der Waals surface area contributed by atoms with Crippen LogP contribution in [0, 0.1) is 5.92 Å². The van der Waals surface area contributed by atoms with E-state index in [1.807, 2.05) is 7.05 Å². The first-order valence-corrected chi connectivity index (χ1v) is 7.18. The molecule has 4 nitrogen and oxygen atoms in total. The van der Waals surface area contributed by atoms with Crippen molar-refractivity contribution in [3.8, 4) is 0 Å². The minimum absolute atomic E-state index is 0.496. The Morgan fingerprint density at radius 3 is 2.72 bits per heavy atom. The molecule has 2 unspecified atom stereocenters. The molecule has 1 saturated carbocycles. The van der Waals surface area contributed by atoms with Crippen molar-refractivity contribution in [3.63, 3.8) is 0 Å². The van der Waals surface area contributed by atoms with Crippen LogP contribution in [0.3, 0.4) is 0 Å². The van der Waals surface area contributed by atoms with Gasteiger partial charge in [0.1, 0.15) is 11.6 Å². The van der Waals surface area contributed by atoms with Crippen molar-refractivity contribution in [2.24, 2.45) is 5.92 Å². The highest BCUT2D eigenvalue weighted by Crippen LogP contribution is 2.37. The maximum atomic E-state index is 5.20. The van der Waals surface area contributed by atoms with Crippen molar-refractivity contribution in [1.29, 1.82) is 0 Å². The Morgan fingerprint density at radius 2 is 2.17 bits per heavy atom. The van der Waals surface area contributed by atoms with E-state index in [2.05, 4.69) is 38.1 Å². The number of ether oxygens (including phenoxy) is 1. The van der Waals surface area contributed by atoms with Gasteiger partial charge in [-0.3, -0.25) is 0 Å². The number of rotatable bonds is 4. The predicted molar refractivity (Wildman–Crippen MR) is 75.7 cm³/mol. The summed E-state index contributed by atoms with van der Waals surface area (Å²) in [4.78, 5) is 9.29. The lowest BCUT2D eigenvalue weighted by molar-refractivity contribution is 0.180. The van der Waals surface area contributed by atoms with Gasteiger partial charge in [0, 0.05) is 20.1 Å². The molecule has 1 fully saturated rings. The van der Waals surface area contributed by atoms with Crippen molar-refractivity contribution in [2.75, 3.05) is 19.5 Å². The molecule has 18 heavy (non-hydrogen) atoms. The summed E-state index contributed by atoms with van der Waals surface area (Å²) in [5.74, 6) is 3.09. The van der Waals surface area contributed by atoms with Gasteiger partial charge in [-0.1, -0.05) is 6.92 Å². The van der Waals surface area contributed by atoms with Crippen LogP contribution in [0.25, 0.3) is 0 Å². The number of nitrogens with zero attached hydrogens (tertiary/aromatic N) is 2. The quantitative estimate of drug-likeness (QED) is 0.926. The minimum Gasteiger partial charge on any atom is -0.378 e. The van der Waals surface area contributed by atoms with Crippen molar-refractivity contribution >= 4 is 21.7 Å². The normalized spacial score (nSPS) is 23.3. The molecule has 0 aromatic carbocycles. The van der Waals surface area contributed by atoms with Crippen LogP contribution in [0.4, 0.5) is 5.82 Å². The van der Waals surface area contributed by atoms with Crippen LogP contribution in [0.2, 0.25) is 0 Å². The fourth-order valence-corrected chi connectivity index (χ4v) is 3.02. The van der Waals surface area contributed by atoms with Crippen molar-refractivity contribution in [3.05, 3.63) is 16.0 Å². The summed E-state index contributed by atoms with van der Waals surface area (Å²) in [5, 5.41) is 3.12. The van der Waals surface area contributed by atoms with Crippen molar-refractivity contribution in [2.45, 2.75) is 38.7 Å². The van der Waals surface area contributed by atoms with Gasteiger partial charge in [-0.2, -0.15) is 0 Å². The molecule has 1 aliphatic rings. The first kappa shape index (κ1) is 13.7. The van der Waals surface area contributed by atoms with Gasteiger partial charge in [0.15, 0.2) is 0 Å². The van der Waals surface area contributed by atoms with E-state index in [-0.39, 0.29) is 0 Å². The Bertz CT molecular complexity index is 425. The van der Waals surface area contributed by atoms with Gasteiger partial charge in [0.25, 0.3) is 0 Å². The Kier molecular flexibility index (Phi) is 4.56. The van der Waals surface area contributed by atoms with E-state index in [1.54, 1.807) is 7.11 Å². The Balaban J connectivity index is 2.32. The van der Waals surface area contributed by atoms with Gasteiger partial charge in [0.05, 0.1) is 16.8 Å². The van der Waals surface area contributed by atoms with Gasteiger partial charge in [-0.25, -0.2) is 9.97 Å². The number of hydrogen-bond acceptors (Lipinski definition) is 4. The second-order valence-electron chi connectivity index (χ2n) is 4.99. The van der Waals surface area contributed by atoms with E-state index < -0.39 is 0 Å². The zero-order valence-corrected chi connectivity index (χ0v) is 12.7. The van der Waals surface area contributed by atoms with Crippen LogP contribution in [-0.4, -0.2) is 24.1 Å². The molecule has 1 N–H and O–H groups in total. The van der Waals surface area contributed by atoms with Gasteiger partial charge >= 0.3 is 0 Å². The van der Waals surface area contributed by atoms with Gasteiger partial charge in [-0.15, -0.1) is 0 Å². The molecular formula is C13H20BrN3O. The molecule has 100 valence electrons. The molecule has 0 bridgehead atoms. The molecule has 1 aliphatic carbocycles. The van der Waals surface area contributed by atoms with Crippen molar-refractivity contribution in [1.82, 2.24) is 9.97 Å². The highest BCUT2D eigenvalue weighted by molar-refractivity contribution is 9.10. The largest absolute Gasteiger partial charge is 0.378 e. The van der Waals surface area contributed by atoms with Crippen LogP contribution in [-0.2, 0) is 11.3 Å². The summed E-state index contributed by atoms with van der Waals surface area (Å²) in [6, 6.07) is 0. The molecule has 2 atom stereocenters. The van der Waals surface area contributed by atoms with Gasteiger partial charge < -0.3 is 10.1 Å². The average Bonchev–Trinajstić information content (AvgIpc) is 2.79. The number of anilines is 1. The SMILES string of the molecule is CNc1nc(C2CCC(C)C2)nc(COC)c1Br. The summed E-state index contributed by atoms with van der Waals surface area (Å²) >= 11 is 3.53. The number of nitrogens with one attached hydrogen (secondary N) is 1. The van der Waals surface area contributed by atoms with Crippen LogP contribution in [0.15, 0.2) is 4.47 Å². The summed E-state index contributed by atoms with van der Waals surface area (Å²) in [6.45, 7) is 2.81. The van der Waals surface area contributed by atoms with Gasteiger partial charge in [-0.05, 0) is 41.1 Å². The van der Waals surface area contributed by atoms with Crippen LogP contribution >= 0.6 is 15.9 Å². The number of aromatic nitrogens is 2. The highest BCUT2D eigenvalue weighted by Gasteiger charge is 2.26. The standard InChI is InChI=1S/C13H20BrN3O/c1-8-4-5-9(6-8)12-16-10(7-18-3)11(14)13(15-2)17-12/h8-9H,4-7H2,1-3H3,(H,15,16,17). The smallest absolute Gasteiger partial charge is 0.144 e. The Hall–Kier alpha value is -0.680. The Labute approximate surface area is 117 Å². The molecule has 0 aliphatic heterocycles. The lowest BCUT2D eigenvalue weighted by Gasteiger charge is -2.14. The van der Waals surface area contributed by atoms with Crippen LogP contribution < -0.4 is 5.32 Å². The maximum absolute atomic E-state index is 5.20. The molecule has 0 radical (unpaired) electrons. The molecule has 2 rings (SSSR count). The monoisotopic (exact) mass is 313 g/mol. The number of hydrogen-bond donors (Lipinski definition) is 1. The maximum Gasteiger partial charge on any atom is 0.144 e. The Morgan fingerprint density at radius 1 is 1.39 bits per heavy atom. The molecule has 0 amide bonds. The lowest BCUT2D eigenvalue weighted by Crippen LogP contribution is -2.09. The highest BCUT2D eigenvalue weighted by atomic mass is 79.9. The molecule has 0 saturated heterocycles. The molecule has 1 heterocycles. The first-order chi connectivity index (χ1) is 8.65. The molecule has 5 heteroatoms. The third-order valence-corrected chi connectivity index (χ3v) is 4.35. The second kappa shape index (κ2) is 5.97. The second-order valence-corrected chi connectivity index (χ2v) is 5.78. The zero-order chi connectivity index (χ0) is 13.1. The third kappa shape index (κ3) is 2.83. The van der Waals surface area contributed by atoms with E-state index in [0.717, 1.165) is 27.7 Å². The lowest BCUT2D eigenvalue weighted by atomic mass is 10.1. The number of halogens is 1. The zero-order valence-electron chi connectivity index (χ0n) is 11.2. The molecular weight excluding hydrogens is 294 g/mol. The molecule has 1 aromatic rings. The third-order valence-electron chi connectivity index (χ3n) is 3.51. The fourth-order valence-electron chi connectivity index (χ4n) is 2.53. The van der Waals surface area contributed by atoms with Crippen LogP contribution in [0.1, 0.15) is 43.6 Å². The topological polar surface area (TPSA) is 47.0 Å². The average molecular weight is 314 g/mol. The van der Waals surface area contributed by atoms with Crippen molar-refractivity contribution < 1.29 is 4.74 Å². The summed E-state index contributed by atoms with van der Waals surface area (Å²) < 4.78 is 6.10. The first-order valence-electron chi connectivity index (χ1n) is 6.38. The molecule has 1 aromatic heterocycles. The van der Waals surface area contributed by atoms with Gasteiger partial charge in [0.2, 0.25) is 0 Å². The summed E-state index contributed by atoms with van der Waals surface area (Å²) in [6.07, 6.45) is 3.66. The summed E-state index contributed by atoms with van der Waals surface area (Å²) in [7, 11) is 3.57. The predicted octanol–water partition coefficient (Wildman–Crippen LogP) is 3.33. The van der Waals surface area contributed by atoms with E-state index in [0.29, 0.717) is 12.5 Å². The van der Waals surface area contributed by atoms with E-state index in [4.69, 9.17) is 4.74 Å². The van der Waals surface area contributed by atoms with Crippen LogP contribution in [0.5, 0.6) is 0 Å². The summed E-state index contributed by atoms with van der Waals surface area (Å²) in [5.41, 5.74) is 0.923. The van der Waals surface area contributed by atoms with E-state index in [1.165, 1.54) is 19.3 Å². The fraction of sp³-hybridized carbons (Fsp3) is 0.692. The minimum atomic E-state index is 0.496. The van der Waals surface area contributed by atoms with E-state index >= 15 is 0 Å². The number of methoxy groups -OCH3 is 1. The van der Waals surface area contributed by atoms with E-state index in [9.17, 15) is 0 Å².